The highest BCUT2D eigenvalue weighted by Crippen LogP contribution is 2.17. The van der Waals surface area contributed by atoms with Gasteiger partial charge in [-0.3, -0.25) is 0 Å². The van der Waals surface area contributed by atoms with E-state index in [4.69, 9.17) is 5.73 Å². The Kier molecular flexibility index (Phi) is 1.39. The zero-order valence-corrected chi connectivity index (χ0v) is 6.25. The zero-order valence-electron chi connectivity index (χ0n) is 6.25. The number of nitrogen functional groups attached to an aromatic ring is 1. The number of nitrogens with zero attached hydrogens (tertiary/aromatic N) is 1. The van der Waals surface area contributed by atoms with Gasteiger partial charge in [-0.05, 0) is 30.5 Å². The Morgan fingerprint density at radius 2 is 2.27 bits per heavy atom. The molecule has 0 spiro atoms. The molecule has 0 aliphatic heterocycles. The van der Waals surface area contributed by atoms with Crippen LogP contribution in [0.15, 0.2) is 18.2 Å². The highest BCUT2D eigenvalue weighted by molar-refractivity contribution is 5.56. The van der Waals surface area contributed by atoms with Gasteiger partial charge in [-0.15, -0.1) is 0 Å². The lowest BCUT2D eigenvalue weighted by molar-refractivity contribution is 0.930. The minimum Gasteiger partial charge on any atom is -0.384 e. The first kappa shape index (κ1) is 6.40. The number of anilines is 1. The number of aryl methyl sites for hydroxylation is 1. The average molecular weight is 146 g/mol. The largest absolute Gasteiger partial charge is 0.384 e. The fraction of sp³-hybridized carbons (Fsp3) is 0.222. The van der Waals surface area contributed by atoms with E-state index in [1.54, 1.807) is 0 Å². The second kappa shape index (κ2) is 2.38. The third-order valence-corrected chi connectivity index (χ3v) is 1.88. The first-order chi connectivity index (χ1) is 5.36. The minimum absolute atomic E-state index is 0.624. The van der Waals surface area contributed by atoms with Crippen molar-refractivity contribution in [2.75, 3.05) is 5.73 Å². The molecule has 0 unspecified atom stereocenters. The highest BCUT2D eigenvalue weighted by Gasteiger charge is 2.04. The van der Waals surface area contributed by atoms with Gasteiger partial charge in [0.2, 0.25) is 0 Å². The van der Waals surface area contributed by atoms with Gasteiger partial charge in [0.05, 0.1) is 5.69 Å². The number of hydrogen-bond donors (Lipinski definition) is 1. The Bertz CT molecular complexity index is 302. The molecule has 0 aromatic carbocycles. The summed E-state index contributed by atoms with van der Waals surface area (Å²) in [6, 6.07) is 3.86. The molecule has 1 aliphatic carbocycles. The maximum absolute atomic E-state index is 5.55. The molecule has 1 aliphatic rings. The molecular formula is C9H10N2. The van der Waals surface area contributed by atoms with Crippen molar-refractivity contribution >= 4 is 11.9 Å². The summed E-state index contributed by atoms with van der Waals surface area (Å²) in [5, 5.41) is 0. The lowest BCUT2D eigenvalue weighted by atomic mass is 10.0. The predicted octanol–water partition coefficient (Wildman–Crippen LogP) is 1.62. The Hall–Kier alpha value is -1.31. The van der Waals surface area contributed by atoms with Gasteiger partial charge in [0.25, 0.3) is 0 Å². The number of rotatable bonds is 0. The van der Waals surface area contributed by atoms with Crippen molar-refractivity contribution in [3.05, 3.63) is 29.5 Å². The summed E-state index contributed by atoms with van der Waals surface area (Å²) in [7, 11) is 0. The molecule has 1 aromatic heterocycles. The number of hydrogen-bond acceptors (Lipinski definition) is 2. The van der Waals surface area contributed by atoms with E-state index in [1.807, 2.05) is 12.1 Å². The van der Waals surface area contributed by atoms with E-state index in [2.05, 4.69) is 17.1 Å². The number of nitrogens with two attached hydrogens (primary N) is 1. The molecule has 0 bridgehead atoms. The van der Waals surface area contributed by atoms with Crippen molar-refractivity contribution < 1.29 is 0 Å². The van der Waals surface area contributed by atoms with Crippen LogP contribution in [0.5, 0.6) is 0 Å². The lowest BCUT2D eigenvalue weighted by Crippen LogP contribution is -2.00. The highest BCUT2D eigenvalue weighted by atomic mass is 14.8. The van der Waals surface area contributed by atoms with Crippen LogP contribution in [0.2, 0.25) is 0 Å². The minimum atomic E-state index is 0.624. The molecule has 0 fully saturated rings. The van der Waals surface area contributed by atoms with Crippen LogP contribution in [0.3, 0.4) is 0 Å². The molecule has 56 valence electrons. The van der Waals surface area contributed by atoms with Crippen LogP contribution in [0.4, 0.5) is 5.82 Å². The normalized spacial score (nSPS) is 14.5. The van der Waals surface area contributed by atoms with Gasteiger partial charge in [0.1, 0.15) is 5.82 Å². The predicted molar refractivity (Wildman–Crippen MR) is 46.0 cm³/mol. The van der Waals surface area contributed by atoms with Crippen molar-refractivity contribution in [3.63, 3.8) is 0 Å². The van der Waals surface area contributed by atoms with E-state index in [-0.39, 0.29) is 0 Å². The van der Waals surface area contributed by atoms with Gasteiger partial charge in [0, 0.05) is 0 Å². The molecule has 2 rings (SSSR count). The van der Waals surface area contributed by atoms with Crippen LogP contribution in [-0.4, -0.2) is 4.98 Å². The maximum Gasteiger partial charge on any atom is 0.123 e. The SMILES string of the molecule is Nc1ccc2c(n1)CCC=C2. The standard InChI is InChI=1S/C9H10N2/c10-9-6-5-7-3-1-2-4-8(7)11-9/h1,3,5-6H,2,4H2,(H2,10,11). The summed E-state index contributed by atoms with van der Waals surface area (Å²) in [4.78, 5) is 4.24. The van der Waals surface area contributed by atoms with Crippen LogP contribution < -0.4 is 5.73 Å². The topological polar surface area (TPSA) is 38.9 Å². The van der Waals surface area contributed by atoms with E-state index in [1.165, 1.54) is 5.56 Å². The molecule has 0 amide bonds. The van der Waals surface area contributed by atoms with Crippen molar-refractivity contribution in [2.45, 2.75) is 12.8 Å². The van der Waals surface area contributed by atoms with E-state index in [0.717, 1.165) is 18.5 Å². The Morgan fingerprint density at radius 1 is 1.36 bits per heavy atom. The summed E-state index contributed by atoms with van der Waals surface area (Å²) in [5.74, 6) is 0.624. The zero-order chi connectivity index (χ0) is 7.68. The fourth-order valence-electron chi connectivity index (χ4n) is 1.31. The molecule has 2 N–H and O–H groups in total. The average Bonchev–Trinajstić information content (AvgIpc) is 2.04. The first-order valence-electron chi connectivity index (χ1n) is 3.78. The Balaban J connectivity index is 2.53. The van der Waals surface area contributed by atoms with Gasteiger partial charge in [-0.25, -0.2) is 4.98 Å². The van der Waals surface area contributed by atoms with Crippen LogP contribution in [-0.2, 0) is 6.42 Å². The summed E-state index contributed by atoms with van der Waals surface area (Å²) in [5.41, 5.74) is 7.89. The van der Waals surface area contributed by atoms with Crippen molar-refractivity contribution in [1.82, 2.24) is 4.98 Å². The quantitative estimate of drug-likeness (QED) is 0.604. The summed E-state index contributed by atoms with van der Waals surface area (Å²) >= 11 is 0. The second-order valence-corrected chi connectivity index (χ2v) is 2.71. The Labute approximate surface area is 65.8 Å². The molecule has 0 saturated carbocycles. The molecule has 2 heteroatoms. The van der Waals surface area contributed by atoms with Crippen LogP contribution in [0, 0.1) is 0 Å². The number of pyridine rings is 1. The molecule has 11 heavy (non-hydrogen) atoms. The summed E-state index contributed by atoms with van der Waals surface area (Å²) in [6.45, 7) is 0. The molecule has 1 heterocycles. The van der Waals surface area contributed by atoms with Crippen molar-refractivity contribution in [2.24, 2.45) is 0 Å². The molecular weight excluding hydrogens is 136 g/mol. The van der Waals surface area contributed by atoms with Gasteiger partial charge in [0.15, 0.2) is 0 Å². The van der Waals surface area contributed by atoms with Gasteiger partial charge in [-0.2, -0.15) is 0 Å². The number of fused-ring (bicyclic) bond motifs is 1. The Morgan fingerprint density at radius 3 is 3.18 bits per heavy atom. The first-order valence-corrected chi connectivity index (χ1v) is 3.78. The third kappa shape index (κ3) is 1.11. The fourth-order valence-corrected chi connectivity index (χ4v) is 1.31. The molecule has 0 radical (unpaired) electrons. The van der Waals surface area contributed by atoms with Crippen molar-refractivity contribution in [1.29, 1.82) is 0 Å². The molecule has 0 atom stereocenters. The van der Waals surface area contributed by atoms with Gasteiger partial charge in [-0.1, -0.05) is 12.2 Å². The van der Waals surface area contributed by atoms with E-state index in [0.29, 0.717) is 5.82 Å². The molecule has 0 saturated heterocycles. The number of aromatic nitrogens is 1. The molecule has 1 aromatic rings. The van der Waals surface area contributed by atoms with Gasteiger partial charge >= 0.3 is 0 Å². The van der Waals surface area contributed by atoms with E-state index < -0.39 is 0 Å². The summed E-state index contributed by atoms with van der Waals surface area (Å²) < 4.78 is 0. The third-order valence-electron chi connectivity index (χ3n) is 1.88. The van der Waals surface area contributed by atoms with Gasteiger partial charge < -0.3 is 5.73 Å². The van der Waals surface area contributed by atoms with Crippen LogP contribution in [0.1, 0.15) is 17.7 Å². The van der Waals surface area contributed by atoms with Crippen molar-refractivity contribution in [3.8, 4) is 0 Å². The second-order valence-electron chi connectivity index (χ2n) is 2.71. The summed E-state index contributed by atoms with van der Waals surface area (Å²) in [6.07, 6.45) is 6.38. The van der Waals surface area contributed by atoms with Crippen LogP contribution in [0.25, 0.3) is 6.08 Å². The molecule has 2 nitrogen and oxygen atoms in total. The number of allylic oxidation sites excluding steroid dienone is 1. The van der Waals surface area contributed by atoms with Crippen LogP contribution >= 0.6 is 0 Å². The monoisotopic (exact) mass is 146 g/mol. The lowest BCUT2D eigenvalue weighted by Gasteiger charge is -2.08. The van der Waals surface area contributed by atoms with E-state index in [9.17, 15) is 0 Å². The smallest absolute Gasteiger partial charge is 0.123 e. The van der Waals surface area contributed by atoms with E-state index >= 15 is 0 Å². The maximum atomic E-state index is 5.55.